The van der Waals surface area contributed by atoms with Gasteiger partial charge in [-0.25, -0.2) is 0 Å². The number of amides is 1. The second kappa shape index (κ2) is 9.07. The third kappa shape index (κ3) is 4.84. The molecule has 1 fully saturated rings. The van der Waals surface area contributed by atoms with E-state index in [9.17, 15) is 4.79 Å². The van der Waals surface area contributed by atoms with Crippen molar-refractivity contribution in [2.24, 2.45) is 0 Å². The van der Waals surface area contributed by atoms with Gasteiger partial charge < -0.3 is 10.1 Å². The molecule has 30 heavy (non-hydrogen) atoms. The second-order valence-corrected chi connectivity index (χ2v) is 7.97. The smallest absolute Gasteiger partial charge is 0.251 e. The topological polar surface area (TPSA) is 81.9 Å². The summed E-state index contributed by atoms with van der Waals surface area (Å²) in [4.78, 5) is 21.0. The first-order valence-electron chi connectivity index (χ1n) is 10.5. The van der Waals surface area contributed by atoms with Gasteiger partial charge in [-0.05, 0) is 63.8 Å². The number of benzene rings is 1. The van der Waals surface area contributed by atoms with E-state index < -0.39 is 0 Å². The Balaban J connectivity index is 1.29. The first-order chi connectivity index (χ1) is 14.6. The number of aromatic nitrogens is 4. The minimum atomic E-state index is -0.0291. The van der Waals surface area contributed by atoms with Gasteiger partial charge in [-0.2, -0.15) is 5.10 Å². The summed E-state index contributed by atoms with van der Waals surface area (Å²) in [7, 11) is 0. The highest BCUT2D eigenvalue weighted by atomic mass is 16.5. The first-order valence-corrected chi connectivity index (χ1v) is 10.5. The van der Waals surface area contributed by atoms with Crippen LogP contribution in [0.15, 0.2) is 55.2 Å². The van der Waals surface area contributed by atoms with E-state index in [0.29, 0.717) is 11.6 Å². The van der Waals surface area contributed by atoms with E-state index in [-0.39, 0.29) is 18.1 Å². The number of carbonyl (C=O) groups excluding carboxylic acids is 1. The van der Waals surface area contributed by atoms with Crippen LogP contribution in [0.4, 0.5) is 0 Å². The lowest BCUT2D eigenvalue weighted by Crippen LogP contribution is -2.38. The molecule has 7 heteroatoms. The van der Waals surface area contributed by atoms with Gasteiger partial charge in [0, 0.05) is 35.8 Å². The van der Waals surface area contributed by atoms with E-state index in [4.69, 9.17) is 4.74 Å². The molecule has 7 nitrogen and oxygen atoms in total. The van der Waals surface area contributed by atoms with Gasteiger partial charge in [0.25, 0.3) is 5.91 Å². The lowest BCUT2D eigenvalue weighted by atomic mass is 9.91. The Morgan fingerprint density at radius 3 is 2.53 bits per heavy atom. The van der Waals surface area contributed by atoms with Crippen LogP contribution in [0.2, 0.25) is 0 Å². The average Bonchev–Trinajstić information content (AvgIpc) is 3.25. The standard InChI is InChI=1S/C23H27N5O2/c1-16(2)30-21-9-3-17(4-10-21)23(29)27-19-5-7-20(8-6-19)28-15-18(13-26-28)22-14-24-11-12-25-22/h3-4,9-16,19-20H,5-8H2,1-2H3,(H,27,29). The molecule has 0 atom stereocenters. The minimum absolute atomic E-state index is 0.0291. The Hall–Kier alpha value is -3.22. The van der Waals surface area contributed by atoms with Crippen molar-refractivity contribution in [2.45, 2.75) is 57.7 Å². The van der Waals surface area contributed by atoms with Crippen LogP contribution in [0.5, 0.6) is 5.75 Å². The fraction of sp³-hybridized carbons (Fsp3) is 0.391. The second-order valence-electron chi connectivity index (χ2n) is 7.97. The third-order valence-corrected chi connectivity index (χ3v) is 5.35. The number of nitrogens with zero attached hydrogens (tertiary/aromatic N) is 4. The van der Waals surface area contributed by atoms with E-state index in [1.807, 2.05) is 55.2 Å². The Kier molecular flexibility index (Phi) is 6.07. The quantitative estimate of drug-likeness (QED) is 0.669. The lowest BCUT2D eigenvalue weighted by molar-refractivity contribution is 0.0921. The Morgan fingerprint density at radius 2 is 1.87 bits per heavy atom. The summed E-state index contributed by atoms with van der Waals surface area (Å²) < 4.78 is 7.66. The zero-order valence-electron chi connectivity index (χ0n) is 17.4. The molecule has 1 aliphatic carbocycles. The van der Waals surface area contributed by atoms with Crippen LogP contribution in [0, 0.1) is 0 Å². The minimum Gasteiger partial charge on any atom is -0.491 e. The maximum absolute atomic E-state index is 12.6. The fourth-order valence-corrected chi connectivity index (χ4v) is 3.83. The molecular weight excluding hydrogens is 378 g/mol. The Morgan fingerprint density at radius 1 is 1.10 bits per heavy atom. The molecule has 2 aromatic heterocycles. The van der Waals surface area contributed by atoms with Gasteiger partial charge in [0.15, 0.2) is 0 Å². The predicted octanol–water partition coefficient (Wildman–Crippen LogP) is 4.04. The van der Waals surface area contributed by atoms with Gasteiger partial charge in [-0.3, -0.25) is 19.4 Å². The molecule has 0 aliphatic heterocycles. The van der Waals surface area contributed by atoms with Crippen LogP contribution in [-0.4, -0.2) is 37.8 Å². The zero-order chi connectivity index (χ0) is 20.9. The number of hydrogen-bond acceptors (Lipinski definition) is 5. The van der Waals surface area contributed by atoms with Crippen molar-refractivity contribution in [1.29, 1.82) is 0 Å². The van der Waals surface area contributed by atoms with Crippen molar-refractivity contribution < 1.29 is 9.53 Å². The summed E-state index contributed by atoms with van der Waals surface area (Å²) in [6.07, 6.45) is 12.9. The summed E-state index contributed by atoms with van der Waals surface area (Å²) in [6, 6.07) is 7.86. The van der Waals surface area contributed by atoms with E-state index >= 15 is 0 Å². The lowest BCUT2D eigenvalue weighted by Gasteiger charge is -2.29. The fourth-order valence-electron chi connectivity index (χ4n) is 3.83. The van der Waals surface area contributed by atoms with E-state index in [1.165, 1.54) is 0 Å². The van der Waals surface area contributed by atoms with Gasteiger partial charge in [-0.1, -0.05) is 0 Å². The van der Waals surface area contributed by atoms with Crippen molar-refractivity contribution in [3.8, 4) is 17.0 Å². The summed E-state index contributed by atoms with van der Waals surface area (Å²) in [5, 5.41) is 7.70. The highest BCUT2D eigenvalue weighted by Gasteiger charge is 2.24. The van der Waals surface area contributed by atoms with Crippen LogP contribution in [-0.2, 0) is 0 Å². The molecule has 4 rings (SSSR count). The zero-order valence-corrected chi connectivity index (χ0v) is 17.4. The van der Waals surface area contributed by atoms with Crippen LogP contribution in [0.25, 0.3) is 11.3 Å². The van der Waals surface area contributed by atoms with Crippen molar-refractivity contribution in [1.82, 2.24) is 25.1 Å². The molecule has 0 radical (unpaired) electrons. The Labute approximate surface area is 176 Å². The summed E-state index contributed by atoms with van der Waals surface area (Å²) in [5.41, 5.74) is 2.46. The molecule has 2 heterocycles. The molecule has 1 aromatic carbocycles. The molecule has 1 N–H and O–H groups in total. The number of hydrogen-bond donors (Lipinski definition) is 1. The van der Waals surface area contributed by atoms with E-state index in [1.54, 1.807) is 18.6 Å². The van der Waals surface area contributed by atoms with Crippen LogP contribution in [0.3, 0.4) is 0 Å². The van der Waals surface area contributed by atoms with Gasteiger partial charge in [0.1, 0.15) is 5.75 Å². The van der Waals surface area contributed by atoms with Crippen LogP contribution < -0.4 is 10.1 Å². The Bertz CT molecular complexity index is 961. The number of rotatable bonds is 6. The normalized spacial score (nSPS) is 18.9. The molecule has 1 amide bonds. The number of nitrogens with one attached hydrogen (secondary N) is 1. The number of carbonyl (C=O) groups is 1. The van der Waals surface area contributed by atoms with E-state index in [0.717, 1.165) is 42.7 Å². The maximum Gasteiger partial charge on any atom is 0.251 e. The van der Waals surface area contributed by atoms with Gasteiger partial charge in [-0.15, -0.1) is 0 Å². The molecule has 156 valence electrons. The SMILES string of the molecule is CC(C)Oc1ccc(C(=O)NC2CCC(n3cc(-c4cnccn4)cn3)CC2)cc1. The molecular formula is C23H27N5O2. The first kappa shape index (κ1) is 20.1. The molecule has 3 aromatic rings. The van der Waals surface area contributed by atoms with E-state index in [2.05, 4.69) is 20.4 Å². The van der Waals surface area contributed by atoms with Crippen molar-refractivity contribution in [2.75, 3.05) is 0 Å². The largest absolute Gasteiger partial charge is 0.491 e. The molecule has 0 unspecified atom stereocenters. The van der Waals surface area contributed by atoms with Crippen LogP contribution in [0.1, 0.15) is 55.9 Å². The molecule has 1 aliphatic rings. The highest BCUT2D eigenvalue weighted by molar-refractivity contribution is 5.94. The average molecular weight is 406 g/mol. The highest BCUT2D eigenvalue weighted by Crippen LogP contribution is 2.29. The number of ether oxygens (including phenoxy) is 1. The molecule has 0 spiro atoms. The molecule has 1 saturated carbocycles. The third-order valence-electron chi connectivity index (χ3n) is 5.35. The van der Waals surface area contributed by atoms with Crippen molar-refractivity contribution >= 4 is 5.91 Å². The van der Waals surface area contributed by atoms with Crippen LogP contribution >= 0.6 is 0 Å². The predicted molar refractivity (Wildman–Crippen MR) is 114 cm³/mol. The molecule has 0 bridgehead atoms. The van der Waals surface area contributed by atoms with Crippen molar-refractivity contribution in [3.05, 3.63) is 60.8 Å². The summed E-state index contributed by atoms with van der Waals surface area (Å²) in [5.74, 6) is 0.751. The van der Waals surface area contributed by atoms with Gasteiger partial charge in [0.05, 0.1) is 30.2 Å². The molecule has 0 saturated heterocycles. The van der Waals surface area contributed by atoms with Crippen molar-refractivity contribution in [3.63, 3.8) is 0 Å². The van der Waals surface area contributed by atoms with Gasteiger partial charge >= 0.3 is 0 Å². The summed E-state index contributed by atoms with van der Waals surface area (Å²) >= 11 is 0. The maximum atomic E-state index is 12.6. The monoisotopic (exact) mass is 405 g/mol. The summed E-state index contributed by atoms with van der Waals surface area (Å²) in [6.45, 7) is 3.97. The van der Waals surface area contributed by atoms with Gasteiger partial charge in [0.2, 0.25) is 0 Å².